The third-order valence-corrected chi connectivity index (χ3v) is 4.69. The van der Waals surface area contributed by atoms with Gasteiger partial charge in [-0.3, -0.25) is 19.7 Å². The molecule has 27 heavy (non-hydrogen) atoms. The molecule has 1 fully saturated rings. The normalized spacial score (nSPS) is 15.3. The number of carbonyl (C=O) groups is 2. The van der Waals surface area contributed by atoms with Gasteiger partial charge in [0.05, 0.1) is 41.4 Å². The van der Waals surface area contributed by atoms with Gasteiger partial charge in [-0.05, 0) is 36.0 Å². The number of hydrogen-bond donors (Lipinski definition) is 0. The van der Waals surface area contributed by atoms with Gasteiger partial charge in [-0.2, -0.15) is 0 Å². The topological polar surface area (TPSA) is 99.0 Å². The summed E-state index contributed by atoms with van der Waals surface area (Å²) in [6, 6.07) is 11.1. The third kappa shape index (κ3) is 3.49. The van der Waals surface area contributed by atoms with Gasteiger partial charge >= 0.3 is 0 Å². The molecule has 1 saturated heterocycles. The van der Waals surface area contributed by atoms with Gasteiger partial charge in [0, 0.05) is 0 Å². The van der Waals surface area contributed by atoms with Crippen LogP contribution in [0.5, 0.6) is 11.5 Å². The lowest BCUT2D eigenvalue weighted by molar-refractivity contribution is -0.385. The van der Waals surface area contributed by atoms with Crippen molar-refractivity contribution in [3.63, 3.8) is 0 Å². The van der Waals surface area contributed by atoms with Crippen LogP contribution in [0.25, 0.3) is 6.08 Å². The number of amides is 2. The Morgan fingerprint density at radius 2 is 1.70 bits per heavy atom. The van der Waals surface area contributed by atoms with Crippen LogP contribution >= 0.6 is 11.8 Å². The summed E-state index contributed by atoms with van der Waals surface area (Å²) in [6.45, 7) is 0. The average Bonchev–Trinajstić information content (AvgIpc) is 2.95. The SMILES string of the molecule is COc1cc(/C=C2\SC(=O)N(c3ccccc3)C2=O)c([N+](=O)[O-])cc1OC. The molecular formula is C18H14N2O6S. The molecule has 0 unspecified atom stereocenters. The van der Waals surface area contributed by atoms with Gasteiger partial charge in [0.2, 0.25) is 0 Å². The van der Waals surface area contributed by atoms with Gasteiger partial charge in [-0.1, -0.05) is 18.2 Å². The van der Waals surface area contributed by atoms with Crippen molar-refractivity contribution in [2.75, 3.05) is 19.1 Å². The van der Waals surface area contributed by atoms with Gasteiger partial charge in [0.1, 0.15) is 0 Å². The number of benzene rings is 2. The van der Waals surface area contributed by atoms with E-state index in [-0.39, 0.29) is 27.7 Å². The van der Waals surface area contributed by atoms with E-state index in [4.69, 9.17) is 9.47 Å². The second-order valence-corrected chi connectivity index (χ2v) is 6.37. The summed E-state index contributed by atoms with van der Waals surface area (Å²) in [7, 11) is 2.77. The van der Waals surface area contributed by atoms with Crippen molar-refractivity contribution in [2.24, 2.45) is 0 Å². The Balaban J connectivity index is 2.05. The van der Waals surface area contributed by atoms with Gasteiger partial charge in [-0.25, -0.2) is 4.90 Å². The highest BCUT2D eigenvalue weighted by molar-refractivity contribution is 8.19. The Morgan fingerprint density at radius 1 is 1.07 bits per heavy atom. The maximum Gasteiger partial charge on any atom is 0.298 e. The van der Waals surface area contributed by atoms with E-state index in [2.05, 4.69) is 0 Å². The number of rotatable bonds is 5. The third-order valence-electron chi connectivity index (χ3n) is 3.82. The summed E-state index contributed by atoms with van der Waals surface area (Å²) in [4.78, 5) is 36.9. The molecule has 0 N–H and O–H groups in total. The maximum atomic E-state index is 12.7. The molecule has 3 rings (SSSR count). The first-order valence-electron chi connectivity index (χ1n) is 7.69. The van der Waals surface area contributed by atoms with E-state index < -0.39 is 16.1 Å². The predicted octanol–water partition coefficient (Wildman–Crippen LogP) is 3.85. The van der Waals surface area contributed by atoms with Crippen LogP contribution < -0.4 is 14.4 Å². The number of nitro benzene ring substituents is 1. The largest absolute Gasteiger partial charge is 0.493 e. The summed E-state index contributed by atoms with van der Waals surface area (Å²) < 4.78 is 10.2. The molecule has 0 aromatic heterocycles. The molecule has 0 radical (unpaired) electrons. The maximum absolute atomic E-state index is 12.7. The van der Waals surface area contributed by atoms with Gasteiger partial charge in [0.25, 0.3) is 16.8 Å². The van der Waals surface area contributed by atoms with Crippen molar-refractivity contribution in [2.45, 2.75) is 0 Å². The molecule has 1 aliphatic rings. The minimum atomic E-state index is -0.588. The van der Waals surface area contributed by atoms with Crippen molar-refractivity contribution in [3.8, 4) is 11.5 Å². The summed E-state index contributed by atoms with van der Waals surface area (Å²) >= 11 is 0.719. The summed E-state index contributed by atoms with van der Waals surface area (Å²) in [5.74, 6) is -0.0735. The van der Waals surface area contributed by atoms with E-state index in [9.17, 15) is 19.7 Å². The zero-order chi connectivity index (χ0) is 19.6. The average molecular weight is 386 g/mol. The van der Waals surface area contributed by atoms with Crippen LogP contribution in [0.15, 0.2) is 47.4 Å². The second kappa shape index (κ2) is 7.50. The van der Waals surface area contributed by atoms with Crippen LogP contribution in [0.4, 0.5) is 16.2 Å². The molecule has 138 valence electrons. The van der Waals surface area contributed by atoms with E-state index >= 15 is 0 Å². The first-order chi connectivity index (χ1) is 13.0. The quantitative estimate of drug-likeness (QED) is 0.437. The van der Waals surface area contributed by atoms with E-state index in [0.717, 1.165) is 16.7 Å². The predicted molar refractivity (Wildman–Crippen MR) is 101 cm³/mol. The monoisotopic (exact) mass is 386 g/mol. The van der Waals surface area contributed by atoms with Crippen molar-refractivity contribution in [1.29, 1.82) is 0 Å². The lowest BCUT2D eigenvalue weighted by Crippen LogP contribution is -2.27. The number of hydrogen-bond acceptors (Lipinski definition) is 7. The minimum absolute atomic E-state index is 0.0826. The Labute approximate surface area is 158 Å². The molecule has 0 bridgehead atoms. The van der Waals surface area contributed by atoms with E-state index in [1.54, 1.807) is 30.3 Å². The van der Waals surface area contributed by atoms with Gasteiger partial charge in [0.15, 0.2) is 11.5 Å². The van der Waals surface area contributed by atoms with Crippen molar-refractivity contribution in [1.82, 2.24) is 0 Å². The number of thioether (sulfide) groups is 1. The first kappa shape index (κ1) is 18.5. The van der Waals surface area contributed by atoms with Crippen LogP contribution in [0.2, 0.25) is 0 Å². The smallest absolute Gasteiger partial charge is 0.298 e. The molecule has 2 amide bonds. The molecule has 1 aliphatic heterocycles. The number of nitro groups is 1. The number of methoxy groups -OCH3 is 2. The van der Waals surface area contributed by atoms with E-state index in [1.807, 2.05) is 0 Å². The highest BCUT2D eigenvalue weighted by Gasteiger charge is 2.36. The fourth-order valence-electron chi connectivity index (χ4n) is 2.57. The van der Waals surface area contributed by atoms with Crippen LogP contribution in [-0.2, 0) is 4.79 Å². The molecule has 0 saturated carbocycles. The van der Waals surface area contributed by atoms with Crippen molar-refractivity contribution in [3.05, 3.63) is 63.0 Å². The zero-order valence-corrected chi connectivity index (χ0v) is 15.2. The van der Waals surface area contributed by atoms with Crippen molar-refractivity contribution < 1.29 is 24.0 Å². The zero-order valence-electron chi connectivity index (χ0n) is 14.4. The first-order valence-corrected chi connectivity index (χ1v) is 8.51. The second-order valence-electron chi connectivity index (χ2n) is 5.38. The highest BCUT2D eigenvalue weighted by atomic mass is 32.2. The molecule has 0 spiro atoms. The van der Waals surface area contributed by atoms with Gasteiger partial charge < -0.3 is 9.47 Å². The molecular weight excluding hydrogens is 372 g/mol. The van der Waals surface area contributed by atoms with Crippen LogP contribution in [-0.4, -0.2) is 30.3 Å². The van der Waals surface area contributed by atoms with Crippen LogP contribution in [0, 0.1) is 10.1 Å². The Bertz CT molecular complexity index is 958. The lowest BCUT2D eigenvalue weighted by atomic mass is 10.1. The number of ether oxygens (including phenoxy) is 2. The Morgan fingerprint density at radius 3 is 2.30 bits per heavy atom. The van der Waals surface area contributed by atoms with Gasteiger partial charge in [-0.15, -0.1) is 0 Å². The molecule has 0 atom stereocenters. The molecule has 2 aromatic carbocycles. The summed E-state index contributed by atoms with van der Waals surface area (Å²) in [6.07, 6.45) is 1.31. The number of para-hydroxylation sites is 1. The molecule has 2 aromatic rings. The fourth-order valence-corrected chi connectivity index (χ4v) is 3.40. The highest BCUT2D eigenvalue weighted by Crippen LogP contribution is 2.39. The Kier molecular flexibility index (Phi) is 5.13. The van der Waals surface area contributed by atoms with Crippen molar-refractivity contribution >= 4 is 40.4 Å². The fraction of sp³-hybridized carbons (Fsp3) is 0.111. The van der Waals surface area contributed by atoms with Crippen LogP contribution in [0.1, 0.15) is 5.56 Å². The summed E-state index contributed by atoms with van der Waals surface area (Å²) in [5.41, 5.74) is 0.306. The van der Waals surface area contributed by atoms with E-state index in [0.29, 0.717) is 5.69 Å². The number of imide groups is 1. The standard InChI is InChI=1S/C18H14N2O6S/c1-25-14-8-11(13(20(23)24)10-15(14)26-2)9-16-17(21)19(18(22)27-16)12-6-4-3-5-7-12/h3-10H,1-2H3/b16-9-. The van der Waals surface area contributed by atoms with E-state index in [1.165, 1.54) is 32.4 Å². The minimum Gasteiger partial charge on any atom is -0.493 e. The molecule has 8 nitrogen and oxygen atoms in total. The molecule has 1 heterocycles. The summed E-state index contributed by atoms with van der Waals surface area (Å²) in [5, 5.41) is 10.9. The number of nitrogens with zero attached hydrogens (tertiary/aromatic N) is 2. The number of carbonyl (C=O) groups excluding carboxylic acids is 2. The molecule has 9 heteroatoms. The Hall–Kier alpha value is -3.33. The number of anilines is 1. The molecule has 0 aliphatic carbocycles. The lowest BCUT2D eigenvalue weighted by Gasteiger charge is -2.11. The van der Waals surface area contributed by atoms with Crippen LogP contribution in [0.3, 0.4) is 0 Å².